The van der Waals surface area contributed by atoms with E-state index in [1.165, 1.54) is 12.1 Å². The van der Waals surface area contributed by atoms with Gasteiger partial charge in [-0.1, -0.05) is 12.1 Å². The Morgan fingerprint density at radius 3 is 2.28 bits per heavy atom. The SMILES string of the molecule is Oc1ccc(C2CON2c2ccc(F)cc2)cc1. The van der Waals surface area contributed by atoms with Crippen molar-refractivity contribution in [1.29, 1.82) is 0 Å². The van der Waals surface area contributed by atoms with Gasteiger partial charge in [-0.3, -0.25) is 4.84 Å². The molecule has 18 heavy (non-hydrogen) atoms. The Morgan fingerprint density at radius 1 is 1.06 bits per heavy atom. The first-order valence-corrected chi connectivity index (χ1v) is 5.71. The highest BCUT2D eigenvalue weighted by atomic mass is 19.1. The number of rotatable bonds is 2. The van der Waals surface area contributed by atoms with E-state index in [0.717, 1.165) is 11.3 Å². The minimum Gasteiger partial charge on any atom is -0.508 e. The van der Waals surface area contributed by atoms with Gasteiger partial charge in [-0.15, -0.1) is 0 Å². The van der Waals surface area contributed by atoms with Gasteiger partial charge in [0.2, 0.25) is 0 Å². The number of benzene rings is 2. The van der Waals surface area contributed by atoms with Crippen LogP contribution in [0.1, 0.15) is 11.6 Å². The van der Waals surface area contributed by atoms with Crippen molar-refractivity contribution < 1.29 is 14.3 Å². The molecule has 0 saturated carbocycles. The van der Waals surface area contributed by atoms with Crippen molar-refractivity contribution in [3.8, 4) is 5.75 Å². The Morgan fingerprint density at radius 2 is 1.72 bits per heavy atom. The molecule has 1 unspecified atom stereocenters. The molecule has 0 spiro atoms. The fourth-order valence-corrected chi connectivity index (χ4v) is 1.99. The predicted molar refractivity (Wildman–Crippen MR) is 65.7 cm³/mol. The number of aromatic hydroxyl groups is 1. The summed E-state index contributed by atoms with van der Waals surface area (Å²) in [7, 11) is 0. The number of phenolic OH excluding ortho intramolecular Hbond substituents is 1. The molecule has 1 aliphatic heterocycles. The molecule has 1 N–H and O–H groups in total. The number of hydrogen-bond acceptors (Lipinski definition) is 3. The maximum absolute atomic E-state index is 12.8. The van der Waals surface area contributed by atoms with E-state index in [0.29, 0.717) is 6.61 Å². The Balaban J connectivity index is 1.83. The van der Waals surface area contributed by atoms with E-state index in [1.807, 2.05) is 12.1 Å². The van der Waals surface area contributed by atoms with Gasteiger partial charge in [0.05, 0.1) is 5.69 Å². The number of hydroxylamine groups is 1. The van der Waals surface area contributed by atoms with Crippen LogP contribution >= 0.6 is 0 Å². The third-order valence-electron chi connectivity index (χ3n) is 3.01. The van der Waals surface area contributed by atoms with Gasteiger partial charge in [-0.2, -0.15) is 0 Å². The van der Waals surface area contributed by atoms with Gasteiger partial charge in [0.25, 0.3) is 0 Å². The summed E-state index contributed by atoms with van der Waals surface area (Å²) in [5, 5.41) is 11.0. The van der Waals surface area contributed by atoms with Gasteiger partial charge in [0.15, 0.2) is 0 Å². The molecule has 1 heterocycles. The largest absolute Gasteiger partial charge is 0.508 e. The maximum atomic E-state index is 12.8. The van der Waals surface area contributed by atoms with Crippen molar-refractivity contribution in [3.63, 3.8) is 0 Å². The Hall–Kier alpha value is -2.07. The lowest BCUT2D eigenvalue weighted by molar-refractivity contribution is -0.0260. The molecular weight excluding hydrogens is 233 g/mol. The van der Waals surface area contributed by atoms with Crippen LogP contribution in [0, 0.1) is 5.82 Å². The zero-order valence-corrected chi connectivity index (χ0v) is 9.58. The highest BCUT2D eigenvalue weighted by Crippen LogP contribution is 2.35. The first kappa shape index (κ1) is 11.0. The van der Waals surface area contributed by atoms with Gasteiger partial charge in [0.1, 0.15) is 24.2 Å². The highest BCUT2D eigenvalue weighted by Gasteiger charge is 2.31. The molecule has 1 atom stereocenters. The number of halogens is 1. The molecule has 2 aromatic rings. The fraction of sp³-hybridized carbons (Fsp3) is 0.143. The minimum atomic E-state index is -0.263. The Labute approximate surface area is 104 Å². The molecule has 4 heteroatoms. The van der Waals surface area contributed by atoms with Crippen LogP contribution in [0.15, 0.2) is 48.5 Å². The van der Waals surface area contributed by atoms with Crippen molar-refractivity contribution in [2.24, 2.45) is 0 Å². The van der Waals surface area contributed by atoms with E-state index < -0.39 is 0 Å². The van der Waals surface area contributed by atoms with Gasteiger partial charge in [0, 0.05) is 0 Å². The van der Waals surface area contributed by atoms with Gasteiger partial charge >= 0.3 is 0 Å². The van der Waals surface area contributed by atoms with Crippen molar-refractivity contribution in [2.75, 3.05) is 11.7 Å². The third kappa shape index (κ3) is 1.91. The van der Waals surface area contributed by atoms with E-state index >= 15 is 0 Å². The summed E-state index contributed by atoms with van der Waals surface area (Å²) < 4.78 is 12.8. The molecule has 1 aliphatic rings. The first-order valence-electron chi connectivity index (χ1n) is 5.71. The first-order chi connectivity index (χ1) is 8.74. The summed E-state index contributed by atoms with van der Waals surface area (Å²) in [6.45, 7) is 0.585. The van der Waals surface area contributed by atoms with Gasteiger partial charge < -0.3 is 5.11 Å². The van der Waals surface area contributed by atoms with Gasteiger partial charge in [-0.25, -0.2) is 9.45 Å². The molecule has 3 nitrogen and oxygen atoms in total. The smallest absolute Gasteiger partial charge is 0.123 e. The topological polar surface area (TPSA) is 32.7 Å². The quantitative estimate of drug-likeness (QED) is 0.882. The van der Waals surface area contributed by atoms with Crippen molar-refractivity contribution in [2.45, 2.75) is 6.04 Å². The lowest BCUT2D eigenvalue weighted by Gasteiger charge is -2.41. The molecule has 0 radical (unpaired) electrons. The van der Waals surface area contributed by atoms with E-state index in [4.69, 9.17) is 4.84 Å². The third-order valence-corrected chi connectivity index (χ3v) is 3.01. The molecular formula is C14H12FNO2. The zero-order chi connectivity index (χ0) is 12.5. The van der Waals surface area contributed by atoms with E-state index in [-0.39, 0.29) is 17.6 Å². The number of phenols is 1. The van der Waals surface area contributed by atoms with Crippen LogP contribution in [-0.4, -0.2) is 11.7 Å². The van der Waals surface area contributed by atoms with Crippen LogP contribution in [-0.2, 0) is 4.84 Å². The number of hydrogen-bond donors (Lipinski definition) is 1. The molecule has 1 saturated heterocycles. The van der Waals surface area contributed by atoms with Crippen LogP contribution < -0.4 is 5.06 Å². The molecule has 0 amide bonds. The summed E-state index contributed by atoms with van der Waals surface area (Å²) in [6.07, 6.45) is 0. The summed E-state index contributed by atoms with van der Waals surface area (Å²) in [6, 6.07) is 13.3. The number of anilines is 1. The van der Waals surface area contributed by atoms with Crippen molar-refractivity contribution in [3.05, 3.63) is 59.9 Å². The van der Waals surface area contributed by atoms with Crippen molar-refractivity contribution >= 4 is 5.69 Å². The lowest BCUT2D eigenvalue weighted by Crippen LogP contribution is -2.43. The second-order valence-electron chi connectivity index (χ2n) is 4.21. The van der Waals surface area contributed by atoms with Crippen LogP contribution in [0.4, 0.5) is 10.1 Å². The lowest BCUT2D eigenvalue weighted by atomic mass is 10.0. The second kappa shape index (κ2) is 4.31. The Bertz CT molecular complexity index is 487. The molecule has 92 valence electrons. The Kier molecular flexibility index (Phi) is 2.64. The summed E-state index contributed by atoms with van der Waals surface area (Å²) in [5.41, 5.74) is 1.88. The monoisotopic (exact) mass is 245 g/mol. The van der Waals surface area contributed by atoms with Crippen LogP contribution in [0.2, 0.25) is 0 Å². The molecule has 2 aromatic carbocycles. The zero-order valence-electron chi connectivity index (χ0n) is 9.58. The maximum Gasteiger partial charge on any atom is 0.123 e. The predicted octanol–water partition coefficient (Wildman–Crippen LogP) is 3.02. The van der Waals surface area contributed by atoms with Crippen LogP contribution in [0.5, 0.6) is 5.75 Å². The fourth-order valence-electron chi connectivity index (χ4n) is 1.99. The van der Waals surface area contributed by atoms with Crippen molar-refractivity contribution in [1.82, 2.24) is 0 Å². The molecule has 3 rings (SSSR count). The second-order valence-corrected chi connectivity index (χ2v) is 4.21. The minimum absolute atomic E-state index is 0.107. The molecule has 1 fully saturated rings. The van der Waals surface area contributed by atoms with E-state index in [1.54, 1.807) is 29.3 Å². The summed E-state index contributed by atoms with van der Waals surface area (Å²) in [4.78, 5) is 5.40. The summed E-state index contributed by atoms with van der Waals surface area (Å²) in [5.74, 6) is -0.0206. The average Bonchev–Trinajstić information content (AvgIpc) is 2.33. The summed E-state index contributed by atoms with van der Waals surface area (Å²) >= 11 is 0. The van der Waals surface area contributed by atoms with Crippen LogP contribution in [0.3, 0.4) is 0 Å². The van der Waals surface area contributed by atoms with Gasteiger partial charge in [-0.05, 0) is 42.0 Å². The highest BCUT2D eigenvalue weighted by molar-refractivity contribution is 5.48. The van der Waals surface area contributed by atoms with Crippen LogP contribution in [0.25, 0.3) is 0 Å². The normalized spacial score (nSPS) is 18.5. The molecule has 0 aromatic heterocycles. The molecule has 0 aliphatic carbocycles. The molecule has 0 bridgehead atoms. The van der Waals surface area contributed by atoms with E-state index in [2.05, 4.69) is 0 Å². The average molecular weight is 245 g/mol. The standard InChI is InChI=1S/C14H12FNO2/c15-11-3-5-12(6-4-11)16-14(9-18-16)10-1-7-13(17)8-2-10/h1-8,14,17H,9H2. The number of nitrogens with zero attached hydrogens (tertiary/aromatic N) is 1. The van der Waals surface area contributed by atoms with E-state index in [9.17, 15) is 9.50 Å².